The number of rotatable bonds is 3. The van der Waals surface area contributed by atoms with Crippen molar-refractivity contribution in [2.45, 2.75) is 57.9 Å². The van der Waals surface area contributed by atoms with Crippen LogP contribution in [0.5, 0.6) is 0 Å². The summed E-state index contributed by atoms with van der Waals surface area (Å²) in [5.41, 5.74) is 0. The van der Waals surface area contributed by atoms with E-state index in [0.29, 0.717) is 24.7 Å². The number of nitrogens with one attached hydrogen (secondary N) is 1. The first-order chi connectivity index (χ1) is 11.5. The summed E-state index contributed by atoms with van der Waals surface area (Å²) in [4.78, 5) is 40.2. The molecule has 0 bridgehead atoms. The van der Waals surface area contributed by atoms with E-state index in [1.807, 2.05) is 16.7 Å². The van der Waals surface area contributed by atoms with Gasteiger partial charge in [-0.25, -0.2) is 0 Å². The van der Waals surface area contributed by atoms with Crippen LogP contribution in [0.1, 0.15) is 51.9 Å². The Balaban J connectivity index is 1.47. The van der Waals surface area contributed by atoms with Gasteiger partial charge in [0.2, 0.25) is 17.7 Å². The Kier molecular flexibility index (Phi) is 5.41. The summed E-state index contributed by atoms with van der Waals surface area (Å²) >= 11 is 0. The van der Waals surface area contributed by atoms with Crippen LogP contribution in [0.25, 0.3) is 0 Å². The predicted octanol–water partition coefficient (Wildman–Crippen LogP) is 1.15. The van der Waals surface area contributed by atoms with Gasteiger partial charge in [-0.15, -0.1) is 0 Å². The maximum atomic E-state index is 12.7. The lowest BCUT2D eigenvalue weighted by Crippen LogP contribution is -2.49. The van der Waals surface area contributed by atoms with Crippen molar-refractivity contribution in [3.8, 4) is 0 Å². The normalized spacial score (nSPS) is 29.5. The van der Waals surface area contributed by atoms with Crippen molar-refractivity contribution in [3.05, 3.63) is 0 Å². The minimum absolute atomic E-state index is 0.00871. The van der Waals surface area contributed by atoms with E-state index >= 15 is 0 Å². The first kappa shape index (κ1) is 17.2. The van der Waals surface area contributed by atoms with Gasteiger partial charge in [0, 0.05) is 51.0 Å². The zero-order valence-electron chi connectivity index (χ0n) is 14.6. The third kappa shape index (κ3) is 4.08. The molecule has 0 aromatic heterocycles. The van der Waals surface area contributed by atoms with E-state index < -0.39 is 0 Å². The van der Waals surface area contributed by atoms with E-state index in [9.17, 15) is 14.4 Å². The first-order valence-electron chi connectivity index (χ1n) is 9.39. The van der Waals surface area contributed by atoms with Gasteiger partial charge in [-0.3, -0.25) is 14.4 Å². The Bertz CT molecular complexity index is 500. The van der Waals surface area contributed by atoms with Gasteiger partial charge in [-0.1, -0.05) is 0 Å². The molecule has 3 heterocycles. The number of carbonyl (C=O) groups is 3. The van der Waals surface area contributed by atoms with Crippen LogP contribution >= 0.6 is 0 Å². The summed E-state index contributed by atoms with van der Waals surface area (Å²) in [6.45, 7) is 5.23. The lowest BCUT2D eigenvalue weighted by Gasteiger charge is -2.38. The van der Waals surface area contributed by atoms with Crippen LogP contribution in [0.15, 0.2) is 0 Å². The molecule has 0 aliphatic carbocycles. The minimum Gasteiger partial charge on any atom is -0.354 e. The second kappa shape index (κ2) is 7.53. The first-order valence-corrected chi connectivity index (χ1v) is 9.39. The number of amides is 3. The minimum atomic E-state index is -0.158. The zero-order valence-corrected chi connectivity index (χ0v) is 14.6. The quantitative estimate of drug-likeness (QED) is 0.841. The number of hydrogen-bond acceptors (Lipinski definition) is 3. The fraction of sp³-hybridized carbons (Fsp3) is 0.833. The monoisotopic (exact) mass is 335 g/mol. The Morgan fingerprint density at radius 2 is 1.92 bits per heavy atom. The zero-order chi connectivity index (χ0) is 17.1. The van der Waals surface area contributed by atoms with Crippen LogP contribution < -0.4 is 5.32 Å². The van der Waals surface area contributed by atoms with Crippen molar-refractivity contribution in [1.82, 2.24) is 15.1 Å². The van der Waals surface area contributed by atoms with E-state index in [-0.39, 0.29) is 23.8 Å². The van der Waals surface area contributed by atoms with Crippen LogP contribution in [0.4, 0.5) is 0 Å². The maximum Gasteiger partial charge on any atom is 0.226 e. The van der Waals surface area contributed by atoms with Crippen molar-refractivity contribution in [1.29, 1.82) is 0 Å². The molecule has 2 atom stereocenters. The van der Waals surface area contributed by atoms with Gasteiger partial charge in [-0.2, -0.15) is 0 Å². The molecule has 6 nitrogen and oxygen atoms in total. The summed E-state index contributed by atoms with van der Waals surface area (Å²) in [6, 6.07) is 0.0860. The molecule has 3 saturated heterocycles. The molecule has 24 heavy (non-hydrogen) atoms. The smallest absolute Gasteiger partial charge is 0.226 e. The van der Waals surface area contributed by atoms with Crippen LogP contribution in [0.3, 0.4) is 0 Å². The molecular weight excluding hydrogens is 306 g/mol. The molecule has 0 aromatic carbocycles. The van der Waals surface area contributed by atoms with Gasteiger partial charge in [0.15, 0.2) is 0 Å². The number of hydrogen-bond donors (Lipinski definition) is 1. The second-order valence-corrected chi connectivity index (χ2v) is 7.67. The van der Waals surface area contributed by atoms with Crippen molar-refractivity contribution >= 4 is 17.7 Å². The van der Waals surface area contributed by atoms with Crippen LogP contribution in [0.2, 0.25) is 0 Å². The van der Waals surface area contributed by atoms with Crippen LogP contribution in [0, 0.1) is 11.8 Å². The van der Waals surface area contributed by atoms with E-state index in [1.54, 1.807) is 0 Å². The number of carbonyl (C=O) groups excluding carboxylic acids is 3. The van der Waals surface area contributed by atoms with Crippen LogP contribution in [-0.4, -0.2) is 59.7 Å². The van der Waals surface area contributed by atoms with Crippen molar-refractivity contribution in [2.24, 2.45) is 11.8 Å². The summed E-state index contributed by atoms with van der Waals surface area (Å²) in [5.74, 6) is 0.774. The summed E-state index contributed by atoms with van der Waals surface area (Å²) in [6.07, 6.45) is 5.83. The van der Waals surface area contributed by atoms with Gasteiger partial charge in [0.1, 0.15) is 0 Å². The molecule has 3 amide bonds. The molecule has 0 spiro atoms. The van der Waals surface area contributed by atoms with Crippen molar-refractivity contribution in [3.63, 3.8) is 0 Å². The maximum absolute atomic E-state index is 12.7. The third-order valence-electron chi connectivity index (χ3n) is 5.65. The molecule has 134 valence electrons. The standard InChI is InChI=1S/C18H29N3O3/c1-13-10-15(11-16(22)19-13)18(24)20-8-5-14(6-9-20)12-21-7-3-2-4-17(21)23/h13-15H,2-12H2,1H3,(H,19,22)/t13-,15-/m0/s1. The number of nitrogens with zero attached hydrogens (tertiary/aromatic N) is 2. The Morgan fingerprint density at radius 3 is 2.58 bits per heavy atom. The number of piperidine rings is 3. The fourth-order valence-corrected chi connectivity index (χ4v) is 4.28. The molecule has 3 fully saturated rings. The highest BCUT2D eigenvalue weighted by molar-refractivity contribution is 5.87. The molecule has 1 N–H and O–H groups in total. The Hall–Kier alpha value is -1.59. The lowest BCUT2D eigenvalue weighted by atomic mass is 9.89. The van der Waals surface area contributed by atoms with Gasteiger partial charge in [0.25, 0.3) is 0 Å². The summed E-state index contributed by atoms with van der Waals surface area (Å²) in [5, 5.41) is 2.88. The van der Waals surface area contributed by atoms with E-state index in [2.05, 4.69) is 5.32 Å². The van der Waals surface area contributed by atoms with Gasteiger partial charge in [0.05, 0.1) is 0 Å². The molecular formula is C18H29N3O3. The van der Waals surface area contributed by atoms with Gasteiger partial charge >= 0.3 is 0 Å². The fourth-order valence-electron chi connectivity index (χ4n) is 4.28. The Labute approximate surface area is 143 Å². The van der Waals surface area contributed by atoms with Gasteiger partial charge in [-0.05, 0) is 44.9 Å². The molecule has 3 aliphatic rings. The van der Waals surface area contributed by atoms with Crippen LogP contribution in [-0.2, 0) is 14.4 Å². The van der Waals surface area contributed by atoms with Crippen molar-refractivity contribution < 1.29 is 14.4 Å². The lowest BCUT2D eigenvalue weighted by molar-refractivity contribution is -0.142. The topological polar surface area (TPSA) is 69.7 Å². The highest BCUT2D eigenvalue weighted by Gasteiger charge is 2.34. The summed E-state index contributed by atoms with van der Waals surface area (Å²) in [7, 11) is 0. The molecule has 0 aromatic rings. The largest absolute Gasteiger partial charge is 0.354 e. The number of likely N-dealkylation sites (tertiary alicyclic amines) is 2. The highest BCUT2D eigenvalue weighted by atomic mass is 16.2. The predicted molar refractivity (Wildman–Crippen MR) is 90.1 cm³/mol. The van der Waals surface area contributed by atoms with E-state index in [0.717, 1.165) is 58.3 Å². The van der Waals surface area contributed by atoms with Gasteiger partial charge < -0.3 is 15.1 Å². The highest BCUT2D eigenvalue weighted by Crippen LogP contribution is 2.25. The second-order valence-electron chi connectivity index (χ2n) is 7.67. The van der Waals surface area contributed by atoms with Crippen molar-refractivity contribution in [2.75, 3.05) is 26.2 Å². The Morgan fingerprint density at radius 1 is 1.17 bits per heavy atom. The van der Waals surface area contributed by atoms with E-state index in [1.165, 1.54) is 0 Å². The SMILES string of the molecule is C[C@H]1C[C@H](C(=O)N2CCC(CN3CCCCC3=O)CC2)CC(=O)N1. The summed E-state index contributed by atoms with van der Waals surface area (Å²) < 4.78 is 0. The molecule has 0 unspecified atom stereocenters. The molecule has 0 radical (unpaired) electrons. The van der Waals surface area contributed by atoms with E-state index in [4.69, 9.17) is 0 Å². The average Bonchev–Trinajstić information content (AvgIpc) is 2.56. The average molecular weight is 335 g/mol. The molecule has 3 rings (SSSR count). The molecule has 3 aliphatic heterocycles. The molecule has 0 saturated carbocycles. The third-order valence-corrected chi connectivity index (χ3v) is 5.65. The molecule has 6 heteroatoms.